The van der Waals surface area contributed by atoms with Gasteiger partial charge in [0, 0.05) is 18.5 Å². The topological polar surface area (TPSA) is 81.9 Å². The molecule has 2 N–H and O–H groups in total. The molecule has 0 saturated carbocycles. The van der Waals surface area contributed by atoms with Gasteiger partial charge in [-0.3, -0.25) is 9.59 Å². The number of primary amides is 1. The summed E-state index contributed by atoms with van der Waals surface area (Å²) in [6.07, 6.45) is 0.817. The molecule has 0 saturated heterocycles. The summed E-state index contributed by atoms with van der Waals surface area (Å²) in [4.78, 5) is 25.1. The van der Waals surface area contributed by atoms with Gasteiger partial charge in [-0.1, -0.05) is 12.1 Å². The van der Waals surface area contributed by atoms with E-state index in [4.69, 9.17) is 15.2 Å². The Hall–Kier alpha value is -3.09. The lowest BCUT2D eigenvalue weighted by Gasteiger charge is -2.20. The number of ether oxygens (including phenoxy) is 2. The summed E-state index contributed by atoms with van der Waals surface area (Å²) < 4.78 is 24.1. The molecule has 0 spiro atoms. The summed E-state index contributed by atoms with van der Waals surface area (Å²) in [6, 6.07) is 11.2. The van der Waals surface area contributed by atoms with Crippen LogP contribution in [-0.4, -0.2) is 36.5 Å². The lowest BCUT2D eigenvalue weighted by atomic mass is 10.0. The van der Waals surface area contributed by atoms with Gasteiger partial charge in [-0.2, -0.15) is 0 Å². The number of fused-ring (bicyclic) bond motifs is 1. The number of benzene rings is 2. The van der Waals surface area contributed by atoms with Crippen molar-refractivity contribution in [2.24, 2.45) is 5.73 Å². The van der Waals surface area contributed by atoms with E-state index in [1.54, 1.807) is 4.90 Å². The maximum atomic E-state index is 12.9. The molecule has 0 aromatic heterocycles. The zero-order chi connectivity index (χ0) is 19.2. The van der Waals surface area contributed by atoms with Gasteiger partial charge in [0.25, 0.3) is 5.91 Å². The second kappa shape index (κ2) is 8.53. The van der Waals surface area contributed by atoms with E-state index >= 15 is 0 Å². The fourth-order valence-corrected chi connectivity index (χ4v) is 2.85. The Bertz CT molecular complexity index is 823. The molecule has 2 aromatic carbocycles. The Morgan fingerprint density at radius 2 is 1.96 bits per heavy atom. The van der Waals surface area contributed by atoms with Gasteiger partial charge in [-0.25, -0.2) is 4.39 Å². The standard InChI is InChI=1S/C20H21FN2O4/c21-16-3-5-17(6-4-16)27-13-20(25)23-9-10-26-18-7-1-14(2-8-19(22)24)11-15(18)12-23/h1,3-7,11H,2,8-10,12-13H2,(H2,22,24). The van der Waals surface area contributed by atoms with Crippen LogP contribution in [0.15, 0.2) is 42.5 Å². The van der Waals surface area contributed by atoms with Crippen LogP contribution in [0.4, 0.5) is 4.39 Å². The molecule has 142 valence electrons. The van der Waals surface area contributed by atoms with Crippen molar-refractivity contribution < 1.29 is 23.5 Å². The summed E-state index contributed by atoms with van der Waals surface area (Å²) >= 11 is 0. The van der Waals surface area contributed by atoms with Crippen LogP contribution in [-0.2, 0) is 22.6 Å². The van der Waals surface area contributed by atoms with Crippen molar-refractivity contribution in [1.29, 1.82) is 0 Å². The smallest absolute Gasteiger partial charge is 0.260 e. The second-order valence-electron chi connectivity index (χ2n) is 6.31. The third kappa shape index (κ3) is 5.20. The molecule has 1 heterocycles. The van der Waals surface area contributed by atoms with E-state index in [1.165, 1.54) is 24.3 Å². The zero-order valence-corrected chi connectivity index (χ0v) is 14.8. The van der Waals surface area contributed by atoms with Gasteiger partial charge in [0.15, 0.2) is 6.61 Å². The normalized spacial score (nSPS) is 13.3. The van der Waals surface area contributed by atoms with E-state index in [0.29, 0.717) is 31.9 Å². The van der Waals surface area contributed by atoms with Gasteiger partial charge in [-0.15, -0.1) is 0 Å². The first-order valence-electron chi connectivity index (χ1n) is 8.70. The molecule has 0 aliphatic carbocycles. The highest BCUT2D eigenvalue weighted by molar-refractivity contribution is 5.78. The van der Waals surface area contributed by atoms with Crippen LogP contribution in [0.2, 0.25) is 0 Å². The first-order valence-corrected chi connectivity index (χ1v) is 8.70. The number of carbonyl (C=O) groups is 2. The monoisotopic (exact) mass is 372 g/mol. The number of nitrogens with zero attached hydrogens (tertiary/aromatic N) is 1. The average molecular weight is 372 g/mol. The molecule has 1 aliphatic heterocycles. The van der Waals surface area contributed by atoms with E-state index in [-0.39, 0.29) is 30.7 Å². The molecule has 0 unspecified atom stereocenters. The minimum absolute atomic E-state index is 0.137. The molecule has 0 bridgehead atoms. The molecular formula is C20H21FN2O4. The highest BCUT2D eigenvalue weighted by Gasteiger charge is 2.20. The molecule has 0 fully saturated rings. The van der Waals surface area contributed by atoms with Gasteiger partial charge >= 0.3 is 0 Å². The summed E-state index contributed by atoms with van der Waals surface area (Å²) in [6.45, 7) is 1.08. The molecule has 27 heavy (non-hydrogen) atoms. The van der Waals surface area contributed by atoms with Crippen molar-refractivity contribution in [3.8, 4) is 11.5 Å². The summed E-state index contributed by atoms with van der Waals surface area (Å²) in [5.41, 5.74) is 7.05. The number of aryl methyl sites for hydroxylation is 1. The highest BCUT2D eigenvalue weighted by atomic mass is 19.1. The van der Waals surface area contributed by atoms with Gasteiger partial charge < -0.3 is 20.1 Å². The summed E-state index contributed by atoms with van der Waals surface area (Å²) in [5, 5.41) is 0. The van der Waals surface area contributed by atoms with Crippen LogP contribution in [0.25, 0.3) is 0 Å². The molecular weight excluding hydrogens is 351 g/mol. The molecule has 0 atom stereocenters. The minimum Gasteiger partial charge on any atom is -0.491 e. The van der Waals surface area contributed by atoms with Crippen LogP contribution in [0.5, 0.6) is 11.5 Å². The van der Waals surface area contributed by atoms with E-state index in [2.05, 4.69) is 0 Å². The SMILES string of the molecule is NC(=O)CCc1ccc2c(c1)CN(C(=O)COc1ccc(F)cc1)CCO2. The molecule has 3 rings (SSSR count). The Balaban J connectivity index is 1.63. The number of halogens is 1. The van der Waals surface area contributed by atoms with Gasteiger partial charge in [-0.05, 0) is 42.3 Å². The van der Waals surface area contributed by atoms with Gasteiger partial charge in [0.2, 0.25) is 5.91 Å². The van der Waals surface area contributed by atoms with Crippen LogP contribution in [0, 0.1) is 5.82 Å². The van der Waals surface area contributed by atoms with E-state index in [9.17, 15) is 14.0 Å². The van der Waals surface area contributed by atoms with Crippen molar-refractivity contribution in [1.82, 2.24) is 4.90 Å². The predicted octanol–water partition coefficient (Wildman–Crippen LogP) is 2.04. The molecule has 2 amide bonds. The summed E-state index contributed by atoms with van der Waals surface area (Å²) in [5.74, 6) is 0.272. The number of amides is 2. The first-order chi connectivity index (χ1) is 13.0. The second-order valence-corrected chi connectivity index (χ2v) is 6.31. The maximum Gasteiger partial charge on any atom is 0.260 e. The fraction of sp³-hybridized carbons (Fsp3) is 0.300. The van der Waals surface area contributed by atoms with Crippen molar-refractivity contribution in [3.63, 3.8) is 0 Å². The number of rotatable bonds is 6. The Kier molecular flexibility index (Phi) is 5.90. The maximum absolute atomic E-state index is 12.9. The van der Waals surface area contributed by atoms with Crippen molar-refractivity contribution in [2.45, 2.75) is 19.4 Å². The highest BCUT2D eigenvalue weighted by Crippen LogP contribution is 2.25. The van der Waals surface area contributed by atoms with Crippen LogP contribution in [0.3, 0.4) is 0 Å². The third-order valence-electron chi connectivity index (χ3n) is 4.29. The van der Waals surface area contributed by atoms with Crippen LogP contribution >= 0.6 is 0 Å². The van der Waals surface area contributed by atoms with E-state index in [1.807, 2.05) is 18.2 Å². The minimum atomic E-state index is -0.359. The summed E-state index contributed by atoms with van der Waals surface area (Å²) in [7, 11) is 0. The van der Waals surface area contributed by atoms with Crippen molar-refractivity contribution in [2.75, 3.05) is 19.8 Å². The van der Waals surface area contributed by atoms with E-state index < -0.39 is 0 Å². The quantitative estimate of drug-likeness (QED) is 0.841. The Labute approximate surface area is 156 Å². The first kappa shape index (κ1) is 18.7. The van der Waals surface area contributed by atoms with Crippen LogP contribution < -0.4 is 15.2 Å². The number of hydrogen-bond donors (Lipinski definition) is 1. The van der Waals surface area contributed by atoms with Crippen LogP contribution in [0.1, 0.15) is 17.5 Å². The van der Waals surface area contributed by atoms with Gasteiger partial charge in [0.05, 0.1) is 6.54 Å². The van der Waals surface area contributed by atoms with E-state index in [0.717, 1.165) is 16.9 Å². The Morgan fingerprint density at radius 1 is 1.19 bits per heavy atom. The predicted molar refractivity (Wildman–Crippen MR) is 96.8 cm³/mol. The molecule has 1 aliphatic rings. The fourth-order valence-electron chi connectivity index (χ4n) is 2.85. The van der Waals surface area contributed by atoms with Crippen molar-refractivity contribution in [3.05, 3.63) is 59.4 Å². The molecule has 6 nitrogen and oxygen atoms in total. The number of carbonyl (C=O) groups excluding carboxylic acids is 2. The molecule has 2 aromatic rings. The lowest BCUT2D eigenvalue weighted by molar-refractivity contribution is -0.134. The zero-order valence-electron chi connectivity index (χ0n) is 14.8. The lowest BCUT2D eigenvalue weighted by Crippen LogP contribution is -2.36. The number of nitrogens with two attached hydrogens (primary N) is 1. The van der Waals surface area contributed by atoms with Crippen molar-refractivity contribution >= 4 is 11.8 Å². The largest absolute Gasteiger partial charge is 0.491 e. The molecule has 7 heteroatoms. The van der Waals surface area contributed by atoms with Gasteiger partial charge in [0.1, 0.15) is 23.9 Å². The molecule has 0 radical (unpaired) electrons. The number of hydrogen-bond acceptors (Lipinski definition) is 4. The third-order valence-corrected chi connectivity index (χ3v) is 4.29. The Morgan fingerprint density at radius 3 is 2.70 bits per heavy atom. The average Bonchev–Trinajstić information content (AvgIpc) is 2.87.